The highest BCUT2D eigenvalue weighted by Gasteiger charge is 2.33. The molecule has 0 spiro atoms. The van der Waals surface area contributed by atoms with Gasteiger partial charge in [0.2, 0.25) is 15.9 Å². The molecule has 7 nitrogen and oxygen atoms in total. The van der Waals surface area contributed by atoms with Gasteiger partial charge in [-0.3, -0.25) is 9.69 Å². The second-order valence-corrected chi connectivity index (χ2v) is 10.4. The molecule has 2 aliphatic rings. The Kier molecular flexibility index (Phi) is 6.54. The SMILES string of the molecule is CC(C(=O)Nc1cccc(S(=O)(=O)N2CCOCC2)c1)N1CCCC1c1ccsc1. The van der Waals surface area contributed by atoms with E-state index in [-0.39, 0.29) is 22.9 Å². The molecule has 2 aromatic rings. The van der Waals surface area contributed by atoms with Crippen molar-refractivity contribution in [3.8, 4) is 0 Å². The summed E-state index contributed by atoms with van der Waals surface area (Å²) in [5.41, 5.74) is 1.75. The summed E-state index contributed by atoms with van der Waals surface area (Å²) >= 11 is 1.67. The van der Waals surface area contributed by atoms with Crippen LogP contribution in [-0.4, -0.2) is 62.4 Å². The Morgan fingerprint density at radius 2 is 2.03 bits per heavy atom. The number of rotatable bonds is 6. The van der Waals surface area contributed by atoms with E-state index in [9.17, 15) is 13.2 Å². The van der Waals surface area contributed by atoms with Gasteiger partial charge >= 0.3 is 0 Å². The Hall–Kier alpha value is -1.78. The second-order valence-electron chi connectivity index (χ2n) is 7.66. The van der Waals surface area contributed by atoms with Crippen LogP contribution < -0.4 is 5.32 Å². The average Bonchev–Trinajstić information content (AvgIpc) is 3.45. The third-order valence-electron chi connectivity index (χ3n) is 5.81. The van der Waals surface area contributed by atoms with Gasteiger partial charge in [0.1, 0.15) is 0 Å². The van der Waals surface area contributed by atoms with Crippen molar-refractivity contribution in [1.29, 1.82) is 0 Å². The van der Waals surface area contributed by atoms with Crippen LogP contribution in [0.15, 0.2) is 46.0 Å². The number of likely N-dealkylation sites (tertiary alicyclic amines) is 1. The van der Waals surface area contributed by atoms with Crippen LogP contribution in [0.4, 0.5) is 5.69 Å². The van der Waals surface area contributed by atoms with Crippen LogP contribution in [0.5, 0.6) is 0 Å². The third-order valence-corrected chi connectivity index (χ3v) is 8.40. The largest absolute Gasteiger partial charge is 0.379 e. The van der Waals surface area contributed by atoms with E-state index in [4.69, 9.17) is 4.74 Å². The molecular weight excluding hydrogens is 422 g/mol. The molecule has 4 rings (SSSR count). The lowest BCUT2D eigenvalue weighted by Crippen LogP contribution is -2.41. The molecule has 0 radical (unpaired) electrons. The molecule has 0 saturated carbocycles. The summed E-state index contributed by atoms with van der Waals surface area (Å²) in [4.78, 5) is 15.4. The smallest absolute Gasteiger partial charge is 0.243 e. The van der Waals surface area contributed by atoms with Crippen LogP contribution >= 0.6 is 11.3 Å². The summed E-state index contributed by atoms with van der Waals surface area (Å²) in [7, 11) is -3.60. The van der Waals surface area contributed by atoms with Gasteiger partial charge in [-0.15, -0.1) is 0 Å². The number of carbonyl (C=O) groups is 1. The summed E-state index contributed by atoms with van der Waals surface area (Å²) in [6.07, 6.45) is 2.10. The zero-order valence-corrected chi connectivity index (χ0v) is 18.6. The van der Waals surface area contributed by atoms with Crippen molar-refractivity contribution in [2.45, 2.75) is 36.7 Å². The van der Waals surface area contributed by atoms with E-state index < -0.39 is 10.0 Å². The number of hydrogen-bond donors (Lipinski definition) is 1. The first-order valence-corrected chi connectivity index (χ1v) is 12.6. The summed E-state index contributed by atoms with van der Waals surface area (Å²) < 4.78 is 32.5. The standard InChI is InChI=1S/C21H27N3O4S2/c1-16(24-8-3-6-20(24)17-7-13-29-15-17)21(25)22-18-4-2-5-19(14-18)30(26,27)23-9-11-28-12-10-23/h2,4-5,7,13-16,20H,3,6,8-12H2,1H3,(H,22,25). The van der Waals surface area contributed by atoms with Crippen molar-refractivity contribution >= 4 is 33.0 Å². The van der Waals surface area contributed by atoms with E-state index in [1.165, 1.54) is 15.9 Å². The van der Waals surface area contributed by atoms with Crippen LogP contribution in [0.1, 0.15) is 31.4 Å². The minimum absolute atomic E-state index is 0.127. The van der Waals surface area contributed by atoms with Crippen LogP contribution in [0, 0.1) is 0 Å². The summed E-state index contributed by atoms with van der Waals surface area (Å²) in [5.74, 6) is -0.127. The predicted molar refractivity (Wildman–Crippen MR) is 117 cm³/mol. The number of ether oxygens (including phenoxy) is 1. The number of carbonyl (C=O) groups excluding carboxylic acids is 1. The average molecular weight is 450 g/mol. The molecule has 2 aliphatic heterocycles. The predicted octanol–water partition coefficient (Wildman–Crippen LogP) is 2.93. The number of nitrogens with zero attached hydrogens (tertiary/aromatic N) is 2. The van der Waals surface area contributed by atoms with Gasteiger partial charge in [-0.05, 0) is 66.9 Å². The zero-order valence-electron chi connectivity index (χ0n) is 17.0. The van der Waals surface area contributed by atoms with E-state index in [1.807, 2.05) is 6.92 Å². The number of amides is 1. The molecule has 1 amide bonds. The third kappa shape index (κ3) is 4.45. The number of hydrogen-bond acceptors (Lipinski definition) is 6. The number of anilines is 1. The van der Waals surface area contributed by atoms with Gasteiger partial charge in [0.25, 0.3) is 0 Å². The fraction of sp³-hybridized carbons (Fsp3) is 0.476. The molecule has 2 atom stereocenters. The molecule has 2 saturated heterocycles. The monoisotopic (exact) mass is 449 g/mol. The van der Waals surface area contributed by atoms with Gasteiger partial charge < -0.3 is 10.1 Å². The Morgan fingerprint density at radius 1 is 1.23 bits per heavy atom. The number of benzene rings is 1. The first-order chi connectivity index (χ1) is 14.5. The molecule has 30 heavy (non-hydrogen) atoms. The fourth-order valence-corrected chi connectivity index (χ4v) is 6.30. The molecule has 2 fully saturated rings. The highest BCUT2D eigenvalue weighted by molar-refractivity contribution is 7.89. The number of morpholine rings is 1. The van der Waals surface area contributed by atoms with Gasteiger partial charge in [-0.25, -0.2) is 8.42 Å². The molecule has 1 N–H and O–H groups in total. The highest BCUT2D eigenvalue weighted by Crippen LogP contribution is 2.34. The van der Waals surface area contributed by atoms with E-state index in [1.54, 1.807) is 29.5 Å². The van der Waals surface area contributed by atoms with Crippen LogP contribution in [0.3, 0.4) is 0 Å². The number of nitrogens with one attached hydrogen (secondary N) is 1. The zero-order chi connectivity index (χ0) is 21.1. The van der Waals surface area contributed by atoms with Gasteiger partial charge in [0.15, 0.2) is 0 Å². The van der Waals surface area contributed by atoms with Crippen molar-refractivity contribution in [2.75, 3.05) is 38.2 Å². The van der Waals surface area contributed by atoms with Crippen molar-refractivity contribution in [3.05, 3.63) is 46.7 Å². The summed E-state index contributed by atoms with van der Waals surface area (Å²) in [6, 6.07) is 8.56. The quantitative estimate of drug-likeness (QED) is 0.734. The Balaban J connectivity index is 1.46. The van der Waals surface area contributed by atoms with Crippen molar-refractivity contribution in [2.24, 2.45) is 0 Å². The molecule has 1 aromatic heterocycles. The second kappa shape index (κ2) is 9.15. The Bertz CT molecular complexity index is 972. The fourth-order valence-electron chi connectivity index (χ4n) is 4.14. The van der Waals surface area contributed by atoms with Crippen molar-refractivity contribution in [1.82, 2.24) is 9.21 Å². The molecule has 162 valence electrons. The van der Waals surface area contributed by atoms with Crippen LogP contribution in [0.25, 0.3) is 0 Å². The number of thiophene rings is 1. The molecule has 3 heterocycles. The molecular formula is C21H27N3O4S2. The normalized spacial score (nSPS) is 22.1. The van der Waals surface area contributed by atoms with Crippen LogP contribution in [-0.2, 0) is 19.6 Å². The minimum Gasteiger partial charge on any atom is -0.379 e. The lowest BCUT2D eigenvalue weighted by atomic mass is 10.1. The number of sulfonamides is 1. The lowest BCUT2D eigenvalue weighted by Gasteiger charge is -2.29. The maximum absolute atomic E-state index is 13.0. The topological polar surface area (TPSA) is 79.0 Å². The highest BCUT2D eigenvalue weighted by atomic mass is 32.2. The van der Waals surface area contributed by atoms with E-state index >= 15 is 0 Å². The van der Waals surface area contributed by atoms with E-state index in [0.717, 1.165) is 19.4 Å². The lowest BCUT2D eigenvalue weighted by molar-refractivity contribution is -0.121. The first kappa shape index (κ1) is 21.5. The van der Waals surface area contributed by atoms with E-state index in [0.29, 0.717) is 32.0 Å². The van der Waals surface area contributed by atoms with Gasteiger partial charge in [0.05, 0.1) is 24.2 Å². The molecule has 0 aliphatic carbocycles. The minimum atomic E-state index is -3.60. The molecule has 1 aromatic carbocycles. The van der Waals surface area contributed by atoms with E-state index in [2.05, 4.69) is 27.0 Å². The van der Waals surface area contributed by atoms with Crippen LogP contribution in [0.2, 0.25) is 0 Å². The van der Waals surface area contributed by atoms with Gasteiger partial charge in [0, 0.05) is 24.8 Å². The summed E-state index contributed by atoms with van der Waals surface area (Å²) in [5, 5.41) is 7.13. The molecule has 2 unspecified atom stereocenters. The maximum Gasteiger partial charge on any atom is 0.243 e. The van der Waals surface area contributed by atoms with Gasteiger partial charge in [-0.2, -0.15) is 15.6 Å². The first-order valence-electron chi connectivity index (χ1n) is 10.2. The molecule has 9 heteroatoms. The summed E-state index contributed by atoms with van der Waals surface area (Å²) in [6.45, 7) is 4.27. The van der Waals surface area contributed by atoms with Gasteiger partial charge in [-0.1, -0.05) is 6.07 Å². The molecule has 0 bridgehead atoms. The Labute approximate surface area is 181 Å². The van der Waals surface area contributed by atoms with Crippen molar-refractivity contribution < 1.29 is 17.9 Å². The Morgan fingerprint density at radius 3 is 2.77 bits per heavy atom. The van der Waals surface area contributed by atoms with Crippen molar-refractivity contribution in [3.63, 3.8) is 0 Å². The maximum atomic E-state index is 13.0.